The third-order valence-electron chi connectivity index (χ3n) is 5.83. The Balaban J connectivity index is 1.78. The predicted molar refractivity (Wildman–Crippen MR) is 156 cm³/mol. The molecule has 1 amide bonds. The van der Waals surface area contributed by atoms with Crippen LogP contribution in [0.4, 0.5) is 10.5 Å². The van der Waals surface area contributed by atoms with Crippen LogP contribution in [-0.2, 0) is 4.74 Å². The third kappa shape index (κ3) is 5.71. The maximum absolute atomic E-state index is 14.2. The van der Waals surface area contributed by atoms with Crippen molar-refractivity contribution in [2.75, 3.05) is 12.4 Å². The van der Waals surface area contributed by atoms with E-state index in [9.17, 15) is 9.59 Å². The van der Waals surface area contributed by atoms with Gasteiger partial charge in [-0.1, -0.05) is 54.2 Å². The fraction of sp³-hybridized carbons (Fsp3) is 0.161. The van der Waals surface area contributed by atoms with Gasteiger partial charge in [0.1, 0.15) is 11.4 Å². The first kappa shape index (κ1) is 26.2. The molecule has 5 aromatic rings. The number of carbonyl (C=O) groups is 1. The molecule has 0 aliphatic carbocycles. The summed E-state index contributed by atoms with van der Waals surface area (Å²) in [4.78, 5) is 28.5. The minimum absolute atomic E-state index is 0.172. The maximum Gasteiger partial charge on any atom is 0.412 e. The smallest absolute Gasteiger partial charge is 0.412 e. The van der Waals surface area contributed by atoms with Crippen molar-refractivity contribution >= 4 is 34.4 Å². The monoisotopic (exact) mass is 539 g/mol. The van der Waals surface area contributed by atoms with Gasteiger partial charge in [0, 0.05) is 15.5 Å². The van der Waals surface area contributed by atoms with E-state index in [2.05, 4.69) is 5.32 Å². The molecule has 5 rings (SSSR count). The number of fused-ring (bicyclic) bond motifs is 1. The van der Waals surface area contributed by atoms with Crippen molar-refractivity contribution in [3.63, 3.8) is 0 Å². The first-order chi connectivity index (χ1) is 18.7. The van der Waals surface area contributed by atoms with Crippen molar-refractivity contribution in [2.24, 2.45) is 0 Å². The molecule has 198 valence electrons. The molecule has 0 fully saturated rings. The van der Waals surface area contributed by atoms with Crippen molar-refractivity contribution in [1.82, 2.24) is 9.36 Å². The van der Waals surface area contributed by atoms with Crippen molar-refractivity contribution < 1.29 is 14.3 Å². The van der Waals surface area contributed by atoms with E-state index in [4.69, 9.17) is 9.47 Å². The van der Waals surface area contributed by atoms with Gasteiger partial charge in [-0.2, -0.15) is 0 Å². The van der Waals surface area contributed by atoms with Gasteiger partial charge in [-0.05, 0) is 75.4 Å². The van der Waals surface area contributed by atoms with Crippen LogP contribution in [0.15, 0.2) is 112 Å². The Hall–Kier alpha value is -4.43. The van der Waals surface area contributed by atoms with Crippen LogP contribution in [-0.4, -0.2) is 28.2 Å². The normalized spacial score (nSPS) is 11.4. The van der Waals surface area contributed by atoms with Gasteiger partial charge >= 0.3 is 6.09 Å². The molecule has 39 heavy (non-hydrogen) atoms. The molecule has 0 radical (unpaired) electrons. The van der Waals surface area contributed by atoms with Crippen molar-refractivity contribution in [3.05, 3.63) is 107 Å². The molecule has 0 saturated carbocycles. The number of nitrogens with zero attached hydrogens (tertiary/aromatic N) is 2. The van der Waals surface area contributed by atoms with Gasteiger partial charge in [0.2, 0.25) is 0 Å². The lowest BCUT2D eigenvalue weighted by molar-refractivity contribution is 0.0636. The van der Waals surface area contributed by atoms with Crippen LogP contribution in [0, 0.1) is 0 Å². The van der Waals surface area contributed by atoms with Gasteiger partial charge in [0.25, 0.3) is 5.56 Å². The third-order valence-corrected chi connectivity index (χ3v) is 6.86. The molecular weight excluding hydrogens is 510 g/mol. The van der Waals surface area contributed by atoms with Crippen molar-refractivity contribution in [3.8, 4) is 17.1 Å². The highest BCUT2D eigenvalue weighted by Gasteiger charge is 2.22. The lowest BCUT2D eigenvalue weighted by Gasteiger charge is -2.20. The average molecular weight is 540 g/mol. The van der Waals surface area contributed by atoms with Crippen LogP contribution < -0.4 is 15.6 Å². The number of methoxy groups -OCH3 is 1. The number of amides is 1. The maximum atomic E-state index is 14.2. The molecule has 0 saturated heterocycles. The second-order valence-corrected chi connectivity index (χ2v) is 11.0. The van der Waals surface area contributed by atoms with Crippen molar-refractivity contribution in [2.45, 2.75) is 36.2 Å². The van der Waals surface area contributed by atoms with E-state index in [0.29, 0.717) is 27.2 Å². The number of ether oxygens (including phenoxy) is 2. The number of benzene rings is 4. The molecule has 4 aromatic carbocycles. The van der Waals surface area contributed by atoms with E-state index in [1.165, 1.54) is 11.8 Å². The first-order valence-corrected chi connectivity index (χ1v) is 13.3. The SMILES string of the molecule is COc1cccc(Sc2cc(NC(=O)OC(C)(C)C)cc3c2c(=O)n(-c2ccccc2)n3-c2ccccc2)c1. The largest absolute Gasteiger partial charge is 0.497 e. The number of hydrogen-bond acceptors (Lipinski definition) is 5. The highest BCUT2D eigenvalue weighted by Crippen LogP contribution is 2.37. The Morgan fingerprint density at radius 1 is 0.821 bits per heavy atom. The van der Waals surface area contributed by atoms with E-state index < -0.39 is 11.7 Å². The van der Waals surface area contributed by atoms with Crippen LogP contribution in [0.5, 0.6) is 5.75 Å². The van der Waals surface area contributed by atoms with Crippen LogP contribution in [0.2, 0.25) is 0 Å². The molecule has 1 aromatic heterocycles. The van der Waals surface area contributed by atoms with Gasteiger partial charge in [0.15, 0.2) is 0 Å². The Morgan fingerprint density at radius 3 is 2.08 bits per heavy atom. The van der Waals surface area contributed by atoms with E-state index >= 15 is 0 Å². The highest BCUT2D eigenvalue weighted by atomic mass is 32.2. The van der Waals surface area contributed by atoms with E-state index in [1.807, 2.05) is 123 Å². The summed E-state index contributed by atoms with van der Waals surface area (Å²) in [6, 6.07) is 30.4. The zero-order valence-corrected chi connectivity index (χ0v) is 23.0. The van der Waals surface area contributed by atoms with E-state index in [-0.39, 0.29) is 5.56 Å². The number of carbonyl (C=O) groups excluding carboxylic acids is 1. The fourth-order valence-corrected chi connectivity index (χ4v) is 5.33. The van der Waals surface area contributed by atoms with Gasteiger partial charge in [-0.25, -0.2) is 14.2 Å². The summed E-state index contributed by atoms with van der Waals surface area (Å²) in [5.74, 6) is 0.711. The molecule has 0 unspecified atom stereocenters. The Morgan fingerprint density at radius 2 is 1.46 bits per heavy atom. The number of rotatable bonds is 6. The van der Waals surface area contributed by atoms with E-state index in [0.717, 1.165) is 16.3 Å². The Labute approximate surface area is 231 Å². The van der Waals surface area contributed by atoms with Gasteiger partial charge < -0.3 is 9.47 Å². The number of hydrogen-bond donors (Lipinski definition) is 1. The van der Waals surface area contributed by atoms with Gasteiger partial charge in [-0.3, -0.25) is 10.1 Å². The summed E-state index contributed by atoms with van der Waals surface area (Å²) >= 11 is 1.43. The van der Waals surface area contributed by atoms with Gasteiger partial charge in [-0.15, -0.1) is 0 Å². The first-order valence-electron chi connectivity index (χ1n) is 12.5. The molecule has 8 heteroatoms. The molecule has 0 atom stereocenters. The van der Waals surface area contributed by atoms with Gasteiger partial charge in [0.05, 0.1) is 29.4 Å². The molecule has 0 aliphatic heterocycles. The standard InChI is InChI=1S/C31H29N3O4S/c1-31(2,3)38-30(36)32-21-18-26-28(27(19-21)39-25-17-11-16-24(20-25)37-4)29(35)34(23-14-9-6-10-15-23)33(26)22-12-7-5-8-13-22/h5-20H,1-4H3,(H,32,36). The highest BCUT2D eigenvalue weighted by molar-refractivity contribution is 7.99. The summed E-state index contributed by atoms with van der Waals surface area (Å²) in [7, 11) is 1.62. The second kappa shape index (κ2) is 10.7. The summed E-state index contributed by atoms with van der Waals surface area (Å²) in [6.07, 6.45) is -0.574. The summed E-state index contributed by atoms with van der Waals surface area (Å²) < 4.78 is 14.5. The molecule has 0 aliphatic rings. The van der Waals surface area contributed by atoms with Crippen molar-refractivity contribution in [1.29, 1.82) is 0 Å². The van der Waals surface area contributed by atoms with Crippen LogP contribution in [0.1, 0.15) is 20.8 Å². The zero-order valence-electron chi connectivity index (χ0n) is 22.2. The lowest BCUT2D eigenvalue weighted by Crippen LogP contribution is -2.27. The minimum Gasteiger partial charge on any atom is -0.497 e. The fourth-order valence-electron chi connectivity index (χ4n) is 4.28. The van der Waals surface area contributed by atoms with Crippen LogP contribution in [0.25, 0.3) is 22.3 Å². The minimum atomic E-state index is -0.658. The van der Waals surface area contributed by atoms with E-state index in [1.54, 1.807) is 11.8 Å². The molecule has 0 bridgehead atoms. The number of para-hydroxylation sites is 2. The zero-order chi connectivity index (χ0) is 27.6. The quantitative estimate of drug-likeness (QED) is 0.245. The Kier molecular flexibility index (Phi) is 7.21. The number of aromatic nitrogens is 2. The molecule has 0 spiro atoms. The molecule has 7 nitrogen and oxygen atoms in total. The summed E-state index contributed by atoms with van der Waals surface area (Å²) in [5.41, 5.74) is 1.86. The molecule has 1 heterocycles. The topological polar surface area (TPSA) is 74.5 Å². The number of anilines is 1. The van der Waals surface area contributed by atoms with Crippen LogP contribution in [0.3, 0.4) is 0 Å². The lowest BCUT2D eigenvalue weighted by atomic mass is 10.2. The summed E-state index contributed by atoms with van der Waals surface area (Å²) in [6.45, 7) is 5.44. The summed E-state index contributed by atoms with van der Waals surface area (Å²) in [5, 5.41) is 3.40. The molecular formula is C31H29N3O4S. The predicted octanol–water partition coefficient (Wildman–Crippen LogP) is 7.29. The second-order valence-electron chi connectivity index (χ2n) is 9.88. The number of nitrogens with one attached hydrogen (secondary N) is 1. The van der Waals surface area contributed by atoms with Crippen LogP contribution >= 0.6 is 11.8 Å². The average Bonchev–Trinajstić information content (AvgIpc) is 3.20. The molecule has 1 N–H and O–H groups in total. The Bertz CT molecular complexity index is 1690.